The topological polar surface area (TPSA) is 64.4 Å². The van der Waals surface area contributed by atoms with Crippen LogP contribution >= 0.6 is 31.9 Å². The van der Waals surface area contributed by atoms with Gasteiger partial charge < -0.3 is 10.1 Å². The lowest BCUT2D eigenvalue weighted by molar-refractivity contribution is -0.384. The molecular weight excluding hydrogens is 404 g/mol. The monoisotopic (exact) mass is 414 g/mol. The normalized spacial score (nSPS) is 10.2. The summed E-state index contributed by atoms with van der Waals surface area (Å²) in [6.07, 6.45) is 0. The van der Waals surface area contributed by atoms with Gasteiger partial charge in [-0.15, -0.1) is 0 Å². The van der Waals surface area contributed by atoms with Crippen molar-refractivity contribution < 1.29 is 9.66 Å². The number of hydrogen-bond donors (Lipinski definition) is 1. The predicted molar refractivity (Wildman–Crippen MR) is 88.9 cm³/mol. The quantitative estimate of drug-likeness (QED) is 0.425. The molecule has 0 unspecified atom stereocenters. The lowest BCUT2D eigenvalue weighted by Gasteiger charge is -2.10. The number of halogens is 2. The number of non-ortho nitro benzene ring substituents is 1. The van der Waals surface area contributed by atoms with Crippen LogP contribution in [0, 0.1) is 10.1 Å². The van der Waals surface area contributed by atoms with E-state index in [9.17, 15) is 10.1 Å². The number of nitro benzene ring substituents is 1. The van der Waals surface area contributed by atoms with Gasteiger partial charge in [0.15, 0.2) is 0 Å². The molecule has 2 aromatic rings. The zero-order valence-corrected chi connectivity index (χ0v) is 14.1. The van der Waals surface area contributed by atoms with Gasteiger partial charge in [0.1, 0.15) is 12.4 Å². The number of benzene rings is 2. The Morgan fingerprint density at radius 2 is 1.86 bits per heavy atom. The fraction of sp³-hybridized carbons (Fsp3) is 0.143. The first-order valence-electron chi connectivity index (χ1n) is 6.12. The van der Waals surface area contributed by atoms with Crippen molar-refractivity contribution in [3.05, 3.63) is 61.5 Å². The highest BCUT2D eigenvalue weighted by Gasteiger charge is 2.04. The lowest BCUT2D eigenvalue weighted by Crippen LogP contribution is -2.11. The van der Waals surface area contributed by atoms with E-state index >= 15 is 0 Å². The van der Waals surface area contributed by atoms with Gasteiger partial charge in [0.05, 0.1) is 4.92 Å². The summed E-state index contributed by atoms with van der Waals surface area (Å²) in [6, 6.07) is 11.9. The van der Waals surface area contributed by atoms with Gasteiger partial charge in [-0.05, 0) is 46.3 Å². The van der Waals surface area contributed by atoms with Crippen LogP contribution in [0.4, 0.5) is 11.4 Å². The van der Waals surface area contributed by atoms with Crippen molar-refractivity contribution in [2.45, 2.75) is 0 Å². The molecule has 21 heavy (non-hydrogen) atoms. The molecule has 0 amide bonds. The Morgan fingerprint density at radius 3 is 2.48 bits per heavy atom. The van der Waals surface area contributed by atoms with E-state index < -0.39 is 4.92 Å². The van der Waals surface area contributed by atoms with Crippen LogP contribution in [-0.4, -0.2) is 18.1 Å². The summed E-state index contributed by atoms with van der Waals surface area (Å²) < 4.78 is 7.48. The number of nitro groups is 1. The minimum Gasteiger partial charge on any atom is -0.492 e. The summed E-state index contributed by atoms with van der Waals surface area (Å²) in [7, 11) is 0. The van der Waals surface area contributed by atoms with E-state index in [2.05, 4.69) is 37.2 Å². The zero-order valence-electron chi connectivity index (χ0n) is 10.9. The zero-order chi connectivity index (χ0) is 15.2. The molecule has 0 fully saturated rings. The van der Waals surface area contributed by atoms with Crippen molar-refractivity contribution in [1.82, 2.24) is 0 Å². The standard InChI is InChI=1S/C14H12Br2N2O3/c15-10-1-6-14(13(16)9-10)17-7-8-21-12-4-2-11(3-5-12)18(19)20/h1-6,9,17H,7-8H2. The minimum absolute atomic E-state index is 0.0549. The second-order valence-corrected chi connectivity index (χ2v) is 5.92. The Morgan fingerprint density at radius 1 is 1.14 bits per heavy atom. The van der Waals surface area contributed by atoms with Gasteiger partial charge in [-0.3, -0.25) is 10.1 Å². The van der Waals surface area contributed by atoms with Crippen LogP contribution in [0.15, 0.2) is 51.4 Å². The first kappa shape index (κ1) is 15.8. The molecule has 110 valence electrons. The van der Waals surface area contributed by atoms with Crippen LogP contribution in [-0.2, 0) is 0 Å². The van der Waals surface area contributed by atoms with Crippen LogP contribution in [0.25, 0.3) is 0 Å². The SMILES string of the molecule is O=[N+]([O-])c1ccc(OCCNc2ccc(Br)cc2Br)cc1. The molecule has 0 radical (unpaired) electrons. The van der Waals surface area contributed by atoms with E-state index in [1.54, 1.807) is 12.1 Å². The third kappa shape index (κ3) is 4.71. The van der Waals surface area contributed by atoms with Crippen LogP contribution in [0.3, 0.4) is 0 Å². The predicted octanol–water partition coefficient (Wildman–Crippen LogP) is 4.61. The average Bonchev–Trinajstić information content (AvgIpc) is 2.46. The van der Waals surface area contributed by atoms with E-state index in [4.69, 9.17) is 4.74 Å². The highest BCUT2D eigenvalue weighted by atomic mass is 79.9. The van der Waals surface area contributed by atoms with Crippen molar-refractivity contribution >= 4 is 43.2 Å². The van der Waals surface area contributed by atoms with E-state index in [-0.39, 0.29) is 5.69 Å². The maximum Gasteiger partial charge on any atom is 0.269 e. The van der Waals surface area contributed by atoms with Gasteiger partial charge in [0.2, 0.25) is 0 Å². The van der Waals surface area contributed by atoms with Gasteiger partial charge >= 0.3 is 0 Å². The molecule has 5 nitrogen and oxygen atoms in total. The molecule has 0 atom stereocenters. The van der Waals surface area contributed by atoms with Crippen molar-refractivity contribution in [3.8, 4) is 5.75 Å². The van der Waals surface area contributed by atoms with Crippen LogP contribution in [0.5, 0.6) is 5.75 Å². The highest BCUT2D eigenvalue weighted by Crippen LogP contribution is 2.26. The van der Waals surface area contributed by atoms with Crippen molar-refractivity contribution in [2.24, 2.45) is 0 Å². The fourth-order valence-corrected chi connectivity index (χ4v) is 2.84. The number of hydrogen-bond acceptors (Lipinski definition) is 4. The summed E-state index contributed by atoms with van der Waals surface area (Å²) >= 11 is 6.86. The molecule has 0 aromatic heterocycles. The van der Waals surface area contributed by atoms with Gasteiger partial charge in [-0.2, -0.15) is 0 Å². The van der Waals surface area contributed by atoms with Crippen LogP contribution in [0.1, 0.15) is 0 Å². The lowest BCUT2D eigenvalue weighted by atomic mass is 10.3. The Labute approximate surface area is 138 Å². The molecule has 0 aliphatic rings. The summed E-state index contributed by atoms with van der Waals surface area (Å²) in [5.41, 5.74) is 1.03. The van der Waals surface area contributed by atoms with Crippen LogP contribution in [0.2, 0.25) is 0 Å². The number of nitrogens with one attached hydrogen (secondary N) is 1. The minimum atomic E-state index is -0.434. The molecule has 0 spiro atoms. The summed E-state index contributed by atoms with van der Waals surface area (Å²) in [4.78, 5) is 10.1. The molecule has 7 heteroatoms. The molecule has 0 saturated carbocycles. The Balaban J connectivity index is 1.80. The number of ether oxygens (including phenoxy) is 1. The second kappa shape index (κ2) is 7.42. The maximum absolute atomic E-state index is 10.5. The van der Waals surface area contributed by atoms with Gasteiger partial charge in [0, 0.05) is 33.3 Å². The largest absolute Gasteiger partial charge is 0.492 e. The first-order valence-corrected chi connectivity index (χ1v) is 7.71. The van der Waals surface area contributed by atoms with Gasteiger partial charge in [-0.1, -0.05) is 15.9 Å². The number of nitrogens with zero attached hydrogens (tertiary/aromatic N) is 1. The molecule has 0 aliphatic heterocycles. The Hall–Kier alpha value is -1.60. The van der Waals surface area contributed by atoms with E-state index in [0.717, 1.165) is 14.6 Å². The summed E-state index contributed by atoms with van der Waals surface area (Å²) in [5, 5.41) is 13.8. The smallest absolute Gasteiger partial charge is 0.269 e. The van der Waals surface area contributed by atoms with E-state index in [0.29, 0.717) is 18.9 Å². The van der Waals surface area contributed by atoms with Gasteiger partial charge in [0.25, 0.3) is 5.69 Å². The Kier molecular flexibility index (Phi) is 5.58. The number of rotatable bonds is 6. The molecule has 0 aliphatic carbocycles. The van der Waals surface area contributed by atoms with Gasteiger partial charge in [-0.25, -0.2) is 0 Å². The van der Waals surface area contributed by atoms with E-state index in [1.807, 2.05) is 18.2 Å². The molecule has 0 bridgehead atoms. The summed E-state index contributed by atoms with van der Waals surface area (Å²) in [5.74, 6) is 0.609. The van der Waals surface area contributed by atoms with Crippen LogP contribution < -0.4 is 10.1 Å². The first-order chi connectivity index (χ1) is 10.1. The third-order valence-electron chi connectivity index (χ3n) is 2.66. The van der Waals surface area contributed by atoms with Crippen molar-refractivity contribution in [1.29, 1.82) is 0 Å². The van der Waals surface area contributed by atoms with Crippen molar-refractivity contribution in [2.75, 3.05) is 18.5 Å². The number of anilines is 1. The molecule has 1 N–H and O–H groups in total. The maximum atomic E-state index is 10.5. The third-order valence-corrected chi connectivity index (χ3v) is 3.81. The summed E-state index contributed by atoms with van der Waals surface area (Å²) in [6.45, 7) is 1.08. The molecule has 0 saturated heterocycles. The molecule has 2 rings (SSSR count). The fourth-order valence-electron chi connectivity index (χ4n) is 1.65. The second-order valence-electron chi connectivity index (χ2n) is 4.15. The average molecular weight is 416 g/mol. The van der Waals surface area contributed by atoms with E-state index in [1.165, 1.54) is 12.1 Å². The molecular formula is C14H12Br2N2O3. The molecule has 0 heterocycles. The van der Waals surface area contributed by atoms with Crippen molar-refractivity contribution in [3.63, 3.8) is 0 Å². The Bertz CT molecular complexity index is 633. The molecule has 2 aromatic carbocycles. The highest BCUT2D eigenvalue weighted by molar-refractivity contribution is 9.11.